The normalized spacial score (nSPS) is 19.4. The van der Waals surface area contributed by atoms with E-state index in [2.05, 4.69) is 17.7 Å². The summed E-state index contributed by atoms with van der Waals surface area (Å²) in [6.07, 6.45) is 9.84. The largest absolute Gasteiger partial charge is 0.493 e. The van der Waals surface area contributed by atoms with Gasteiger partial charge in [0, 0.05) is 47.8 Å². The molecule has 30 heavy (non-hydrogen) atoms. The van der Waals surface area contributed by atoms with Crippen LogP contribution < -0.4 is 9.47 Å². The highest BCUT2D eigenvalue weighted by molar-refractivity contribution is 6.06. The molecule has 1 aromatic carbocycles. The molecule has 156 valence electrons. The lowest BCUT2D eigenvalue weighted by atomic mass is 9.71. The number of allylic oxidation sites excluding steroid dienone is 4. The minimum absolute atomic E-state index is 0.145. The molecular weight excluding hydrogens is 378 g/mol. The molecule has 1 heterocycles. The van der Waals surface area contributed by atoms with E-state index in [1.54, 1.807) is 7.11 Å². The first-order valence-electron chi connectivity index (χ1n) is 10.6. The Morgan fingerprint density at radius 2 is 1.67 bits per heavy atom. The van der Waals surface area contributed by atoms with Crippen LogP contribution >= 0.6 is 0 Å². The van der Waals surface area contributed by atoms with E-state index in [0.29, 0.717) is 24.3 Å². The van der Waals surface area contributed by atoms with Crippen LogP contribution in [0, 0.1) is 12.3 Å². The van der Waals surface area contributed by atoms with Crippen molar-refractivity contribution in [2.75, 3.05) is 20.3 Å². The van der Waals surface area contributed by atoms with Crippen LogP contribution in [0.2, 0.25) is 0 Å². The number of rotatable bonds is 5. The Kier molecular flexibility index (Phi) is 5.67. The van der Waals surface area contributed by atoms with Crippen LogP contribution in [0.4, 0.5) is 0 Å². The zero-order chi connectivity index (χ0) is 21.3. The van der Waals surface area contributed by atoms with Crippen molar-refractivity contribution in [3.63, 3.8) is 0 Å². The lowest BCUT2D eigenvalue weighted by molar-refractivity contribution is -0.117. The van der Waals surface area contributed by atoms with E-state index in [1.807, 2.05) is 18.2 Å². The van der Waals surface area contributed by atoms with Crippen molar-refractivity contribution in [1.82, 2.24) is 4.90 Å². The number of hydrogen-bond acceptors (Lipinski definition) is 5. The van der Waals surface area contributed by atoms with Gasteiger partial charge < -0.3 is 14.4 Å². The van der Waals surface area contributed by atoms with E-state index in [9.17, 15) is 9.59 Å². The highest BCUT2D eigenvalue weighted by atomic mass is 16.5. The number of ether oxygens (including phenoxy) is 2. The fourth-order valence-electron chi connectivity index (χ4n) is 5.03. The van der Waals surface area contributed by atoms with E-state index in [4.69, 9.17) is 15.9 Å². The van der Waals surface area contributed by atoms with Crippen LogP contribution in [-0.2, 0) is 9.59 Å². The van der Waals surface area contributed by atoms with Gasteiger partial charge in [-0.05, 0) is 50.3 Å². The second kappa shape index (κ2) is 8.39. The fourth-order valence-corrected chi connectivity index (χ4v) is 5.03. The molecular formula is C25H27NO4. The van der Waals surface area contributed by atoms with Crippen LogP contribution in [0.5, 0.6) is 11.5 Å². The Balaban J connectivity index is 1.89. The van der Waals surface area contributed by atoms with Gasteiger partial charge in [-0.2, -0.15) is 0 Å². The van der Waals surface area contributed by atoms with Gasteiger partial charge in [-0.25, -0.2) is 0 Å². The molecule has 5 heteroatoms. The summed E-state index contributed by atoms with van der Waals surface area (Å²) in [6, 6.07) is 5.63. The Hall–Kier alpha value is -3.00. The van der Waals surface area contributed by atoms with Crippen LogP contribution in [0.3, 0.4) is 0 Å². The number of Topliss-reactive ketones (excluding diaryl/α,β-unsaturated/α-hetero) is 2. The topological polar surface area (TPSA) is 55.8 Å². The molecule has 0 saturated heterocycles. The van der Waals surface area contributed by atoms with Crippen molar-refractivity contribution >= 4 is 11.6 Å². The molecule has 0 N–H and O–H groups in total. The first-order valence-corrected chi connectivity index (χ1v) is 10.6. The molecule has 1 aromatic rings. The standard InChI is InChI=1S/C25H27NO4/c1-4-14-30-21-13-12-16(15-22(21)29-3)23-24-17(8-6-10-19(24)27)26(5-2)18-9-7-11-20(28)25(18)23/h1,12-13,15,23H,5-11,14H2,2-3H3. The molecule has 0 radical (unpaired) electrons. The summed E-state index contributed by atoms with van der Waals surface area (Å²) in [5.41, 5.74) is 4.66. The molecule has 3 aliphatic rings. The smallest absolute Gasteiger partial charge is 0.162 e. The minimum Gasteiger partial charge on any atom is -0.493 e. The summed E-state index contributed by atoms with van der Waals surface area (Å²) in [5.74, 6) is 3.52. The number of carbonyl (C=O) groups is 2. The highest BCUT2D eigenvalue weighted by Gasteiger charge is 2.43. The van der Waals surface area contributed by atoms with E-state index in [-0.39, 0.29) is 24.1 Å². The molecule has 0 unspecified atom stereocenters. The molecule has 0 saturated carbocycles. The molecule has 2 aliphatic carbocycles. The summed E-state index contributed by atoms with van der Waals surface area (Å²) in [6.45, 7) is 3.01. The third-order valence-corrected chi connectivity index (χ3v) is 6.23. The first kappa shape index (κ1) is 20.3. The molecule has 0 spiro atoms. The summed E-state index contributed by atoms with van der Waals surface area (Å²) in [7, 11) is 1.58. The van der Waals surface area contributed by atoms with Crippen molar-refractivity contribution in [2.45, 2.75) is 51.4 Å². The maximum atomic E-state index is 13.1. The fraction of sp³-hybridized carbons (Fsp3) is 0.440. The van der Waals surface area contributed by atoms with Gasteiger partial charge in [-0.3, -0.25) is 9.59 Å². The van der Waals surface area contributed by atoms with Crippen LogP contribution in [0.1, 0.15) is 56.9 Å². The average molecular weight is 405 g/mol. The molecule has 0 aromatic heterocycles. The predicted octanol–water partition coefficient (Wildman–Crippen LogP) is 4.14. The quantitative estimate of drug-likeness (QED) is 0.689. The molecule has 0 amide bonds. The second-order valence-corrected chi connectivity index (χ2v) is 7.85. The summed E-state index contributed by atoms with van der Waals surface area (Å²) in [4.78, 5) is 28.5. The first-order chi connectivity index (χ1) is 14.6. The third kappa shape index (κ3) is 3.31. The van der Waals surface area contributed by atoms with E-state index in [1.165, 1.54) is 0 Å². The van der Waals surface area contributed by atoms with E-state index >= 15 is 0 Å². The van der Waals surface area contributed by atoms with Gasteiger partial charge >= 0.3 is 0 Å². The number of terminal acetylenes is 1. The van der Waals surface area contributed by atoms with Gasteiger partial charge in [0.25, 0.3) is 0 Å². The Labute approximate surface area is 177 Å². The van der Waals surface area contributed by atoms with Gasteiger partial charge in [0.1, 0.15) is 6.61 Å². The number of benzene rings is 1. The van der Waals surface area contributed by atoms with Crippen molar-refractivity contribution in [3.8, 4) is 23.8 Å². The van der Waals surface area contributed by atoms with Crippen molar-refractivity contribution < 1.29 is 19.1 Å². The van der Waals surface area contributed by atoms with Crippen LogP contribution in [-0.4, -0.2) is 36.7 Å². The molecule has 1 aliphatic heterocycles. The number of ketones is 2. The predicted molar refractivity (Wildman–Crippen MR) is 114 cm³/mol. The highest BCUT2D eigenvalue weighted by Crippen LogP contribution is 2.49. The number of nitrogens with zero attached hydrogens (tertiary/aromatic N) is 1. The van der Waals surface area contributed by atoms with E-state index < -0.39 is 0 Å². The maximum Gasteiger partial charge on any atom is 0.162 e. The van der Waals surface area contributed by atoms with Gasteiger partial charge in [0.05, 0.1) is 7.11 Å². The SMILES string of the molecule is C#CCOc1ccc(C2C3=C(CCCC3=O)N(CC)C3=C2C(=O)CCC3)cc1OC. The lowest BCUT2D eigenvalue weighted by Crippen LogP contribution is -2.39. The minimum atomic E-state index is -0.339. The summed E-state index contributed by atoms with van der Waals surface area (Å²) >= 11 is 0. The lowest BCUT2D eigenvalue weighted by Gasteiger charge is -2.43. The van der Waals surface area contributed by atoms with Crippen molar-refractivity contribution in [2.24, 2.45) is 0 Å². The molecule has 0 atom stereocenters. The number of carbonyl (C=O) groups excluding carboxylic acids is 2. The monoisotopic (exact) mass is 405 g/mol. The van der Waals surface area contributed by atoms with Gasteiger partial charge in [-0.1, -0.05) is 12.0 Å². The van der Waals surface area contributed by atoms with Crippen LogP contribution in [0.25, 0.3) is 0 Å². The molecule has 0 bridgehead atoms. The Morgan fingerprint density at radius 1 is 1.03 bits per heavy atom. The van der Waals surface area contributed by atoms with Gasteiger partial charge in [-0.15, -0.1) is 6.42 Å². The Bertz CT molecular complexity index is 951. The van der Waals surface area contributed by atoms with Gasteiger partial charge in [0.2, 0.25) is 0 Å². The van der Waals surface area contributed by atoms with Crippen LogP contribution in [0.15, 0.2) is 40.7 Å². The molecule has 0 fully saturated rings. The van der Waals surface area contributed by atoms with Crippen molar-refractivity contribution in [3.05, 3.63) is 46.3 Å². The summed E-state index contributed by atoms with van der Waals surface area (Å²) < 4.78 is 11.1. The zero-order valence-corrected chi connectivity index (χ0v) is 17.6. The zero-order valence-electron chi connectivity index (χ0n) is 17.6. The Morgan fingerprint density at radius 3 is 2.20 bits per heavy atom. The summed E-state index contributed by atoms with van der Waals surface area (Å²) in [5, 5.41) is 0. The maximum absolute atomic E-state index is 13.1. The third-order valence-electron chi connectivity index (χ3n) is 6.23. The number of methoxy groups -OCH3 is 1. The average Bonchev–Trinajstić information content (AvgIpc) is 2.76. The van der Waals surface area contributed by atoms with E-state index in [0.717, 1.165) is 60.3 Å². The molecule has 5 nitrogen and oxygen atoms in total. The van der Waals surface area contributed by atoms with Gasteiger partial charge in [0.15, 0.2) is 23.1 Å². The number of hydrogen-bond donors (Lipinski definition) is 0. The van der Waals surface area contributed by atoms with Crippen molar-refractivity contribution in [1.29, 1.82) is 0 Å². The second-order valence-electron chi connectivity index (χ2n) is 7.85. The molecule has 4 rings (SSSR count).